The number of amides is 1. The summed E-state index contributed by atoms with van der Waals surface area (Å²) in [5, 5.41) is 3.58. The number of imidazole rings is 1. The van der Waals surface area contributed by atoms with Crippen molar-refractivity contribution in [2.75, 3.05) is 5.32 Å². The largest absolute Gasteiger partial charge is 0.344 e. The molecule has 0 atom stereocenters. The van der Waals surface area contributed by atoms with Crippen LogP contribution in [0.5, 0.6) is 0 Å². The van der Waals surface area contributed by atoms with Gasteiger partial charge in [-0.1, -0.05) is 0 Å². The van der Waals surface area contributed by atoms with Crippen molar-refractivity contribution < 1.29 is 9.59 Å². The second-order valence-corrected chi connectivity index (χ2v) is 7.48. The number of fused-ring (bicyclic) bond motifs is 1. The number of aryl methyl sites for hydroxylation is 1. The van der Waals surface area contributed by atoms with Crippen molar-refractivity contribution in [3.63, 3.8) is 0 Å². The molecule has 8 nitrogen and oxygen atoms in total. The topological polar surface area (TPSA) is 94.7 Å². The minimum Gasteiger partial charge on any atom is -0.344 e. The highest BCUT2D eigenvalue weighted by Gasteiger charge is 2.19. The Bertz CT molecular complexity index is 1240. The molecule has 4 heterocycles. The van der Waals surface area contributed by atoms with E-state index in [1.54, 1.807) is 35.6 Å². The van der Waals surface area contributed by atoms with Gasteiger partial charge in [-0.25, -0.2) is 4.98 Å². The Morgan fingerprint density at radius 3 is 2.70 bits per heavy atom. The fourth-order valence-electron chi connectivity index (χ4n) is 3.42. The van der Waals surface area contributed by atoms with Crippen LogP contribution in [-0.2, 0) is 18.3 Å². The molecule has 0 aliphatic heterocycles. The second kappa shape index (κ2) is 7.90. The molecule has 0 saturated carbocycles. The molecule has 0 aliphatic rings. The molecule has 1 amide bonds. The molecular weight excluding hydrogens is 380 g/mol. The van der Waals surface area contributed by atoms with Gasteiger partial charge in [0.05, 0.1) is 35.8 Å². The monoisotopic (exact) mass is 402 g/mol. The van der Waals surface area contributed by atoms with Crippen LogP contribution in [0.4, 0.5) is 5.69 Å². The number of anilines is 1. The SMILES string of the molecule is CC(C)n1cc(C(=O)c2cncc(NC(=O)Cc3cn(C)cn3)c2)c2cnccc21. The number of ketones is 1. The van der Waals surface area contributed by atoms with E-state index in [0.717, 1.165) is 10.9 Å². The van der Waals surface area contributed by atoms with E-state index in [4.69, 9.17) is 0 Å². The first kappa shape index (κ1) is 19.5. The lowest BCUT2D eigenvalue weighted by Crippen LogP contribution is -2.15. The maximum absolute atomic E-state index is 13.2. The van der Waals surface area contributed by atoms with Gasteiger partial charge in [0.1, 0.15) is 0 Å². The minimum absolute atomic E-state index is 0.145. The average molecular weight is 402 g/mol. The van der Waals surface area contributed by atoms with E-state index in [0.29, 0.717) is 22.5 Å². The van der Waals surface area contributed by atoms with Gasteiger partial charge in [0.15, 0.2) is 5.78 Å². The van der Waals surface area contributed by atoms with E-state index in [1.807, 2.05) is 19.3 Å². The highest BCUT2D eigenvalue weighted by atomic mass is 16.1. The molecule has 4 aromatic rings. The molecule has 0 radical (unpaired) electrons. The highest BCUT2D eigenvalue weighted by Crippen LogP contribution is 2.26. The van der Waals surface area contributed by atoms with Crippen LogP contribution in [0.3, 0.4) is 0 Å². The number of hydrogen-bond acceptors (Lipinski definition) is 5. The standard InChI is InChI=1S/C22H22N6O2/c1-14(2)28-12-19(18-10-23-5-4-20(18)28)22(30)15-6-16(9-24-8-15)26-21(29)7-17-11-27(3)13-25-17/h4-6,8-14H,7H2,1-3H3,(H,26,29). The van der Waals surface area contributed by atoms with Crippen LogP contribution in [0.1, 0.15) is 41.5 Å². The number of pyridine rings is 2. The third kappa shape index (κ3) is 3.84. The lowest BCUT2D eigenvalue weighted by atomic mass is 10.0. The summed E-state index contributed by atoms with van der Waals surface area (Å²) in [6.45, 7) is 4.13. The maximum atomic E-state index is 13.2. The summed E-state index contributed by atoms with van der Waals surface area (Å²) in [7, 11) is 1.85. The van der Waals surface area contributed by atoms with Crippen molar-refractivity contribution in [1.82, 2.24) is 24.1 Å². The quantitative estimate of drug-likeness (QED) is 0.500. The van der Waals surface area contributed by atoms with E-state index in [-0.39, 0.29) is 24.2 Å². The van der Waals surface area contributed by atoms with Crippen LogP contribution >= 0.6 is 0 Å². The van der Waals surface area contributed by atoms with E-state index >= 15 is 0 Å². The first-order valence-electron chi connectivity index (χ1n) is 9.63. The molecule has 152 valence electrons. The van der Waals surface area contributed by atoms with Gasteiger partial charge >= 0.3 is 0 Å². The minimum atomic E-state index is -0.222. The maximum Gasteiger partial charge on any atom is 0.230 e. The molecule has 0 unspecified atom stereocenters. The van der Waals surface area contributed by atoms with Crippen molar-refractivity contribution in [2.45, 2.75) is 26.3 Å². The van der Waals surface area contributed by atoms with E-state index < -0.39 is 0 Å². The van der Waals surface area contributed by atoms with Crippen LogP contribution in [-0.4, -0.2) is 35.8 Å². The summed E-state index contributed by atoms with van der Waals surface area (Å²) in [5.74, 6) is -0.388. The molecule has 4 aromatic heterocycles. The number of nitrogens with one attached hydrogen (secondary N) is 1. The normalized spacial score (nSPS) is 11.2. The summed E-state index contributed by atoms with van der Waals surface area (Å²) in [6, 6.07) is 3.74. The molecule has 0 fully saturated rings. The Labute approximate surface area is 173 Å². The number of nitrogens with zero attached hydrogens (tertiary/aromatic N) is 5. The Morgan fingerprint density at radius 1 is 1.13 bits per heavy atom. The molecule has 4 rings (SSSR count). The number of aromatic nitrogens is 5. The predicted octanol–water partition coefficient (Wildman–Crippen LogP) is 3.16. The molecule has 0 bridgehead atoms. The van der Waals surface area contributed by atoms with Gasteiger partial charge in [0.2, 0.25) is 5.91 Å². The Kier molecular flexibility index (Phi) is 5.14. The first-order chi connectivity index (χ1) is 14.4. The van der Waals surface area contributed by atoms with Crippen molar-refractivity contribution in [2.24, 2.45) is 7.05 Å². The zero-order chi connectivity index (χ0) is 21.3. The van der Waals surface area contributed by atoms with Crippen LogP contribution < -0.4 is 5.32 Å². The van der Waals surface area contributed by atoms with E-state index in [1.165, 1.54) is 12.4 Å². The van der Waals surface area contributed by atoms with Gasteiger partial charge in [-0.3, -0.25) is 19.6 Å². The van der Waals surface area contributed by atoms with Crippen LogP contribution in [0.25, 0.3) is 10.9 Å². The third-order valence-corrected chi connectivity index (χ3v) is 4.82. The lowest BCUT2D eigenvalue weighted by molar-refractivity contribution is -0.115. The smallest absolute Gasteiger partial charge is 0.230 e. The van der Waals surface area contributed by atoms with Crippen molar-refractivity contribution >= 4 is 28.3 Å². The average Bonchev–Trinajstić information content (AvgIpc) is 3.31. The van der Waals surface area contributed by atoms with Gasteiger partial charge in [-0.2, -0.15) is 0 Å². The molecular formula is C22H22N6O2. The van der Waals surface area contributed by atoms with Gasteiger partial charge in [0, 0.05) is 60.6 Å². The number of carbonyl (C=O) groups is 2. The van der Waals surface area contributed by atoms with Crippen LogP contribution in [0.2, 0.25) is 0 Å². The molecule has 1 N–H and O–H groups in total. The third-order valence-electron chi connectivity index (χ3n) is 4.82. The first-order valence-corrected chi connectivity index (χ1v) is 9.63. The number of rotatable bonds is 6. The molecule has 8 heteroatoms. The van der Waals surface area contributed by atoms with Crippen molar-refractivity contribution in [3.8, 4) is 0 Å². The summed E-state index contributed by atoms with van der Waals surface area (Å²) < 4.78 is 3.84. The fraction of sp³-hybridized carbons (Fsp3) is 0.227. The summed E-state index contributed by atoms with van der Waals surface area (Å²) in [5.41, 5.74) is 3.05. The zero-order valence-corrected chi connectivity index (χ0v) is 17.0. The second-order valence-electron chi connectivity index (χ2n) is 7.48. The zero-order valence-electron chi connectivity index (χ0n) is 17.0. The Balaban J connectivity index is 1.59. The van der Waals surface area contributed by atoms with Gasteiger partial charge in [-0.15, -0.1) is 0 Å². The summed E-state index contributed by atoms with van der Waals surface area (Å²) in [4.78, 5) is 38.0. The summed E-state index contributed by atoms with van der Waals surface area (Å²) >= 11 is 0. The van der Waals surface area contributed by atoms with Gasteiger partial charge < -0.3 is 14.5 Å². The highest BCUT2D eigenvalue weighted by molar-refractivity contribution is 6.16. The fourth-order valence-corrected chi connectivity index (χ4v) is 3.42. The number of hydrogen-bond donors (Lipinski definition) is 1. The Morgan fingerprint density at radius 2 is 1.97 bits per heavy atom. The van der Waals surface area contributed by atoms with E-state index in [9.17, 15) is 9.59 Å². The predicted molar refractivity (Wildman–Crippen MR) is 113 cm³/mol. The molecule has 0 aromatic carbocycles. The lowest BCUT2D eigenvalue weighted by Gasteiger charge is -2.08. The van der Waals surface area contributed by atoms with Crippen molar-refractivity contribution in [1.29, 1.82) is 0 Å². The van der Waals surface area contributed by atoms with Crippen molar-refractivity contribution in [3.05, 3.63) is 72.5 Å². The van der Waals surface area contributed by atoms with Crippen LogP contribution in [0.15, 0.2) is 55.6 Å². The van der Waals surface area contributed by atoms with Gasteiger partial charge in [0.25, 0.3) is 0 Å². The molecule has 0 aliphatic carbocycles. The number of carbonyl (C=O) groups excluding carboxylic acids is 2. The van der Waals surface area contributed by atoms with E-state index in [2.05, 4.69) is 38.7 Å². The Hall–Kier alpha value is -3.81. The summed E-state index contributed by atoms with van der Waals surface area (Å²) in [6.07, 6.45) is 11.9. The molecule has 0 spiro atoms. The van der Waals surface area contributed by atoms with Crippen LogP contribution in [0, 0.1) is 0 Å². The van der Waals surface area contributed by atoms with Gasteiger partial charge in [-0.05, 0) is 26.0 Å². The molecule has 0 saturated heterocycles. The molecule has 30 heavy (non-hydrogen) atoms.